The van der Waals surface area contributed by atoms with E-state index in [9.17, 15) is 26.4 Å². The molecule has 7 nitrogen and oxygen atoms in total. The molecule has 0 atom stereocenters. The molecule has 2 aromatic carbocycles. The van der Waals surface area contributed by atoms with E-state index in [-0.39, 0.29) is 23.8 Å². The van der Waals surface area contributed by atoms with E-state index in [1.165, 1.54) is 22.8 Å². The van der Waals surface area contributed by atoms with Crippen molar-refractivity contribution in [3.8, 4) is 5.75 Å². The Balaban J connectivity index is 1.88. The number of nitrogens with one attached hydrogen (secondary N) is 1. The molecule has 1 heterocycles. The minimum Gasteiger partial charge on any atom is -0.404 e. The largest absolute Gasteiger partial charge is 0.573 e. The number of carbonyl (C=O) groups is 1. The third kappa shape index (κ3) is 5.47. The van der Waals surface area contributed by atoms with E-state index in [1.54, 1.807) is 24.3 Å². The SMILES string of the molecule is CS(=O)(=O)Cc1nc2ccccc2n1CC(=O)Nc1ccccc1OC(F)(F)F. The average molecular weight is 427 g/mol. The highest BCUT2D eigenvalue weighted by atomic mass is 32.2. The van der Waals surface area contributed by atoms with Gasteiger partial charge in [-0.3, -0.25) is 4.79 Å². The van der Waals surface area contributed by atoms with Crippen LogP contribution in [0.15, 0.2) is 48.5 Å². The molecule has 0 aliphatic rings. The second kappa shape index (κ2) is 7.74. The molecule has 3 aromatic rings. The molecule has 0 radical (unpaired) electrons. The first-order valence-electron chi connectivity index (χ1n) is 8.28. The first kappa shape index (κ1) is 20.6. The van der Waals surface area contributed by atoms with E-state index in [1.807, 2.05) is 0 Å². The van der Waals surface area contributed by atoms with E-state index in [0.717, 1.165) is 12.3 Å². The van der Waals surface area contributed by atoms with Crippen molar-refractivity contribution in [1.82, 2.24) is 9.55 Å². The van der Waals surface area contributed by atoms with Crippen LogP contribution in [0.25, 0.3) is 11.0 Å². The van der Waals surface area contributed by atoms with E-state index in [0.29, 0.717) is 11.0 Å². The highest BCUT2D eigenvalue weighted by Gasteiger charge is 2.32. The molecule has 11 heteroatoms. The number of alkyl halides is 3. The van der Waals surface area contributed by atoms with Crippen LogP contribution < -0.4 is 10.1 Å². The third-order valence-corrected chi connectivity index (χ3v) is 4.60. The van der Waals surface area contributed by atoms with Crippen LogP contribution in [0.2, 0.25) is 0 Å². The van der Waals surface area contributed by atoms with Crippen molar-refractivity contribution in [2.75, 3.05) is 11.6 Å². The fourth-order valence-electron chi connectivity index (χ4n) is 2.76. The Labute approximate surface area is 164 Å². The number of anilines is 1. The van der Waals surface area contributed by atoms with E-state index in [2.05, 4.69) is 15.0 Å². The second-order valence-corrected chi connectivity index (χ2v) is 8.41. The van der Waals surface area contributed by atoms with Gasteiger partial charge in [0, 0.05) is 6.26 Å². The van der Waals surface area contributed by atoms with Gasteiger partial charge in [0.1, 0.15) is 18.1 Å². The summed E-state index contributed by atoms with van der Waals surface area (Å²) in [5, 5.41) is 2.36. The lowest BCUT2D eigenvalue weighted by atomic mass is 10.3. The number of fused-ring (bicyclic) bond motifs is 1. The first-order chi connectivity index (χ1) is 13.5. The van der Waals surface area contributed by atoms with E-state index < -0.39 is 27.9 Å². The van der Waals surface area contributed by atoms with Crippen LogP contribution in [-0.2, 0) is 26.9 Å². The highest BCUT2D eigenvalue weighted by Crippen LogP contribution is 2.30. The van der Waals surface area contributed by atoms with Crippen molar-refractivity contribution in [3.63, 3.8) is 0 Å². The molecule has 0 aliphatic heterocycles. The maximum Gasteiger partial charge on any atom is 0.573 e. The molecule has 1 N–H and O–H groups in total. The summed E-state index contributed by atoms with van der Waals surface area (Å²) in [4.78, 5) is 16.8. The number of nitrogens with zero attached hydrogens (tertiary/aromatic N) is 2. The number of aromatic nitrogens is 2. The number of rotatable bonds is 6. The number of benzene rings is 2. The Morgan fingerprint density at radius 1 is 1.14 bits per heavy atom. The Bertz CT molecular complexity index is 1160. The van der Waals surface area contributed by atoms with Crippen molar-refractivity contribution in [2.45, 2.75) is 18.7 Å². The molecular formula is C18H16F3N3O4S. The van der Waals surface area contributed by atoms with Crippen molar-refractivity contribution in [1.29, 1.82) is 0 Å². The van der Waals surface area contributed by atoms with Crippen LogP contribution in [0.5, 0.6) is 5.75 Å². The molecule has 154 valence electrons. The second-order valence-electron chi connectivity index (χ2n) is 6.27. The number of ether oxygens (including phenoxy) is 1. The van der Waals surface area contributed by atoms with Gasteiger partial charge in [0.2, 0.25) is 5.91 Å². The van der Waals surface area contributed by atoms with Gasteiger partial charge in [-0.15, -0.1) is 13.2 Å². The van der Waals surface area contributed by atoms with Gasteiger partial charge in [-0.25, -0.2) is 13.4 Å². The van der Waals surface area contributed by atoms with Gasteiger partial charge >= 0.3 is 6.36 Å². The quantitative estimate of drug-likeness (QED) is 0.653. The van der Waals surface area contributed by atoms with Crippen LogP contribution in [0.4, 0.5) is 18.9 Å². The Hall–Kier alpha value is -3.08. The van der Waals surface area contributed by atoms with Gasteiger partial charge < -0.3 is 14.6 Å². The van der Waals surface area contributed by atoms with Gasteiger partial charge in [-0.1, -0.05) is 24.3 Å². The van der Waals surface area contributed by atoms with Crippen LogP contribution in [0.3, 0.4) is 0 Å². The number of hydrogen-bond donors (Lipinski definition) is 1. The van der Waals surface area contributed by atoms with Crippen LogP contribution in [0.1, 0.15) is 5.82 Å². The summed E-state index contributed by atoms with van der Waals surface area (Å²) in [7, 11) is -3.43. The Kier molecular flexibility index (Phi) is 5.51. The molecular weight excluding hydrogens is 411 g/mol. The number of amides is 1. The van der Waals surface area contributed by atoms with Gasteiger partial charge in [0.25, 0.3) is 0 Å². The predicted octanol–water partition coefficient (Wildman–Crippen LogP) is 3.12. The third-order valence-electron chi connectivity index (χ3n) is 3.81. The highest BCUT2D eigenvalue weighted by molar-refractivity contribution is 7.89. The Morgan fingerprint density at radius 2 is 1.79 bits per heavy atom. The molecule has 0 saturated carbocycles. The minimum absolute atomic E-state index is 0.156. The summed E-state index contributed by atoms with van der Waals surface area (Å²) in [6.07, 6.45) is -3.87. The molecule has 0 fully saturated rings. The molecule has 1 amide bonds. The lowest BCUT2D eigenvalue weighted by Gasteiger charge is -2.14. The zero-order valence-electron chi connectivity index (χ0n) is 15.1. The fraction of sp³-hybridized carbons (Fsp3) is 0.222. The lowest BCUT2D eigenvalue weighted by molar-refractivity contribution is -0.274. The average Bonchev–Trinajstić information content (AvgIpc) is 2.91. The summed E-state index contributed by atoms with van der Waals surface area (Å²) < 4.78 is 66.4. The van der Waals surface area contributed by atoms with Crippen molar-refractivity contribution in [2.24, 2.45) is 0 Å². The van der Waals surface area contributed by atoms with Crippen LogP contribution in [0, 0.1) is 0 Å². The topological polar surface area (TPSA) is 90.3 Å². The normalized spacial score (nSPS) is 12.1. The smallest absolute Gasteiger partial charge is 0.404 e. The van der Waals surface area contributed by atoms with Crippen molar-refractivity contribution < 1.29 is 31.1 Å². The van der Waals surface area contributed by atoms with Crippen LogP contribution in [-0.4, -0.2) is 36.5 Å². The minimum atomic E-state index is -4.91. The summed E-state index contributed by atoms with van der Waals surface area (Å²) >= 11 is 0. The predicted molar refractivity (Wildman–Crippen MR) is 100 cm³/mol. The van der Waals surface area contributed by atoms with Gasteiger partial charge in [0.05, 0.1) is 16.7 Å². The summed E-state index contributed by atoms with van der Waals surface area (Å²) in [5.41, 5.74) is 0.866. The van der Waals surface area contributed by atoms with E-state index in [4.69, 9.17) is 0 Å². The van der Waals surface area contributed by atoms with Gasteiger partial charge in [-0.2, -0.15) is 0 Å². The first-order valence-corrected chi connectivity index (χ1v) is 10.3. The Morgan fingerprint density at radius 3 is 2.48 bits per heavy atom. The zero-order chi connectivity index (χ0) is 21.2. The molecule has 0 bridgehead atoms. The molecule has 29 heavy (non-hydrogen) atoms. The lowest BCUT2D eigenvalue weighted by Crippen LogP contribution is -2.23. The number of para-hydroxylation sites is 4. The molecule has 1 aromatic heterocycles. The number of sulfone groups is 1. The maximum atomic E-state index is 12.5. The molecule has 0 spiro atoms. The fourth-order valence-corrected chi connectivity index (χ4v) is 3.45. The van der Waals surface area contributed by atoms with Gasteiger partial charge in [0.15, 0.2) is 15.6 Å². The maximum absolute atomic E-state index is 12.5. The van der Waals surface area contributed by atoms with Crippen molar-refractivity contribution in [3.05, 3.63) is 54.4 Å². The van der Waals surface area contributed by atoms with Crippen molar-refractivity contribution >= 4 is 32.5 Å². The molecule has 0 saturated heterocycles. The van der Waals surface area contributed by atoms with Crippen LogP contribution >= 0.6 is 0 Å². The molecule has 3 rings (SSSR count). The summed E-state index contributed by atoms with van der Waals surface area (Å²) in [6.45, 7) is -0.342. The van der Waals surface area contributed by atoms with Gasteiger partial charge in [-0.05, 0) is 24.3 Å². The number of hydrogen-bond acceptors (Lipinski definition) is 5. The summed E-state index contributed by atoms with van der Waals surface area (Å²) in [5.74, 6) is -1.45. The molecule has 0 aliphatic carbocycles. The molecule has 0 unspecified atom stereocenters. The monoisotopic (exact) mass is 427 g/mol. The number of carbonyl (C=O) groups excluding carboxylic acids is 1. The summed E-state index contributed by atoms with van der Waals surface area (Å²) in [6, 6.07) is 11.9. The zero-order valence-corrected chi connectivity index (χ0v) is 15.9. The standard InChI is InChI=1S/C18H16F3N3O4S/c1-29(26,27)11-16-22-12-6-2-4-8-14(12)24(16)10-17(25)23-13-7-3-5-9-15(13)28-18(19,20)21/h2-9H,10-11H2,1H3,(H,23,25). The number of imidazole rings is 1. The number of halogens is 3. The van der Waals surface area contributed by atoms with E-state index >= 15 is 0 Å².